The highest BCUT2D eigenvalue weighted by Gasteiger charge is 2.11. The smallest absolute Gasteiger partial charge is 0.137 e. The maximum absolute atomic E-state index is 9.64. The first-order valence-corrected chi connectivity index (χ1v) is 6.96. The van der Waals surface area contributed by atoms with Gasteiger partial charge in [0.2, 0.25) is 0 Å². The van der Waals surface area contributed by atoms with E-state index in [4.69, 9.17) is 5.26 Å². The molecule has 0 atom stereocenters. The maximum atomic E-state index is 9.64. The molecule has 110 valence electrons. The minimum Gasteiger partial charge on any atom is -0.507 e. The van der Waals surface area contributed by atoms with Gasteiger partial charge in [0.1, 0.15) is 17.5 Å². The van der Waals surface area contributed by atoms with Crippen LogP contribution in [0.1, 0.15) is 5.56 Å². The van der Waals surface area contributed by atoms with Crippen LogP contribution >= 0.6 is 0 Å². The summed E-state index contributed by atoms with van der Waals surface area (Å²) in [5, 5.41) is 26.6. The number of fused-ring (bicyclic) bond motifs is 1. The lowest BCUT2D eigenvalue weighted by molar-refractivity contribution is 0.473. The fourth-order valence-electron chi connectivity index (χ4n) is 2.60. The van der Waals surface area contributed by atoms with Crippen LogP contribution in [0.25, 0.3) is 33.4 Å². The lowest BCUT2D eigenvalue weighted by Crippen LogP contribution is -1.85. The van der Waals surface area contributed by atoms with Crippen LogP contribution in [-0.4, -0.2) is 25.3 Å². The van der Waals surface area contributed by atoms with Crippen LogP contribution in [0, 0.1) is 11.3 Å². The average molecular weight is 301 g/mol. The van der Waals surface area contributed by atoms with Crippen LogP contribution in [0.3, 0.4) is 0 Å². The van der Waals surface area contributed by atoms with E-state index in [1.165, 1.54) is 6.07 Å². The van der Waals surface area contributed by atoms with Crippen molar-refractivity contribution in [1.82, 2.24) is 20.2 Å². The first kappa shape index (κ1) is 13.1. The number of hydrogen-bond acceptors (Lipinski definition) is 4. The van der Waals surface area contributed by atoms with Crippen LogP contribution in [0.4, 0.5) is 0 Å². The molecule has 4 aromatic rings. The number of pyridine rings is 1. The molecule has 3 heterocycles. The van der Waals surface area contributed by atoms with E-state index in [2.05, 4.69) is 20.2 Å². The fraction of sp³-hybridized carbons (Fsp3) is 0. The van der Waals surface area contributed by atoms with E-state index in [9.17, 15) is 5.11 Å². The molecule has 0 saturated heterocycles. The molecule has 0 aliphatic heterocycles. The van der Waals surface area contributed by atoms with Crippen LogP contribution in [0.15, 0.2) is 48.9 Å². The Balaban J connectivity index is 1.89. The van der Waals surface area contributed by atoms with Crippen molar-refractivity contribution >= 4 is 11.0 Å². The number of aromatic hydroxyl groups is 1. The molecule has 4 rings (SSSR count). The summed E-state index contributed by atoms with van der Waals surface area (Å²) in [6.07, 6.45) is 5.32. The Labute approximate surface area is 131 Å². The van der Waals surface area contributed by atoms with Crippen molar-refractivity contribution in [2.24, 2.45) is 0 Å². The van der Waals surface area contributed by atoms with Crippen LogP contribution in [0.2, 0.25) is 0 Å². The largest absolute Gasteiger partial charge is 0.507 e. The standard InChI is InChI=1S/C17H11N5O/c18-7-11-5-10(1-2-16(11)23)12-6-13-14(15-3-4-21-22-15)9-20-17(13)19-8-12/h1-6,8-9,23H,(H,19,20)(H,21,22). The molecule has 6 nitrogen and oxygen atoms in total. The van der Waals surface area contributed by atoms with Gasteiger partial charge in [-0.3, -0.25) is 5.10 Å². The van der Waals surface area contributed by atoms with E-state index in [-0.39, 0.29) is 11.3 Å². The molecule has 0 radical (unpaired) electrons. The van der Waals surface area contributed by atoms with E-state index >= 15 is 0 Å². The number of aromatic nitrogens is 4. The van der Waals surface area contributed by atoms with Crippen molar-refractivity contribution in [2.75, 3.05) is 0 Å². The fourth-order valence-corrected chi connectivity index (χ4v) is 2.60. The Morgan fingerprint density at radius 2 is 2.04 bits per heavy atom. The number of aromatic amines is 2. The third-order valence-electron chi connectivity index (χ3n) is 3.77. The lowest BCUT2D eigenvalue weighted by atomic mass is 10.0. The molecule has 6 heteroatoms. The van der Waals surface area contributed by atoms with E-state index in [0.29, 0.717) is 0 Å². The summed E-state index contributed by atoms with van der Waals surface area (Å²) in [7, 11) is 0. The summed E-state index contributed by atoms with van der Waals surface area (Å²) < 4.78 is 0. The molecule has 3 aromatic heterocycles. The number of nitrogens with one attached hydrogen (secondary N) is 2. The van der Waals surface area contributed by atoms with Crippen molar-refractivity contribution < 1.29 is 5.11 Å². The number of benzene rings is 1. The van der Waals surface area contributed by atoms with Gasteiger partial charge in [-0.05, 0) is 29.8 Å². The lowest BCUT2D eigenvalue weighted by Gasteiger charge is -2.04. The molecule has 0 amide bonds. The highest BCUT2D eigenvalue weighted by atomic mass is 16.3. The van der Waals surface area contributed by atoms with Crippen molar-refractivity contribution in [1.29, 1.82) is 5.26 Å². The first-order chi connectivity index (χ1) is 11.3. The average Bonchev–Trinajstić information content (AvgIpc) is 3.23. The van der Waals surface area contributed by atoms with Gasteiger partial charge in [-0.1, -0.05) is 6.07 Å². The molecule has 0 aliphatic rings. The van der Waals surface area contributed by atoms with Gasteiger partial charge < -0.3 is 10.1 Å². The highest BCUT2D eigenvalue weighted by molar-refractivity contribution is 5.94. The normalized spacial score (nSPS) is 10.7. The molecule has 0 aliphatic carbocycles. The second kappa shape index (κ2) is 5.00. The highest BCUT2D eigenvalue weighted by Crippen LogP contribution is 2.31. The van der Waals surface area contributed by atoms with Gasteiger partial charge in [-0.25, -0.2) is 4.98 Å². The Morgan fingerprint density at radius 1 is 1.13 bits per heavy atom. The van der Waals surface area contributed by atoms with Crippen LogP contribution in [0.5, 0.6) is 5.75 Å². The number of phenols is 1. The zero-order valence-electron chi connectivity index (χ0n) is 11.9. The van der Waals surface area contributed by atoms with Gasteiger partial charge in [-0.15, -0.1) is 0 Å². The Hall–Kier alpha value is -3.59. The summed E-state index contributed by atoms with van der Waals surface area (Å²) in [6, 6.07) is 10.8. The molecular formula is C17H11N5O. The molecule has 0 bridgehead atoms. The zero-order valence-corrected chi connectivity index (χ0v) is 11.9. The van der Waals surface area contributed by atoms with Gasteiger partial charge in [0.05, 0.1) is 11.3 Å². The summed E-state index contributed by atoms with van der Waals surface area (Å²) in [5.41, 5.74) is 4.59. The van der Waals surface area contributed by atoms with Gasteiger partial charge in [0.25, 0.3) is 0 Å². The van der Waals surface area contributed by atoms with Crippen molar-refractivity contribution in [3.8, 4) is 34.2 Å². The Bertz CT molecular complexity index is 1040. The Kier molecular flexibility index (Phi) is 2.85. The first-order valence-electron chi connectivity index (χ1n) is 6.96. The number of phenolic OH excluding ortho intramolecular Hbond substituents is 1. The van der Waals surface area contributed by atoms with Gasteiger partial charge >= 0.3 is 0 Å². The Morgan fingerprint density at radius 3 is 2.83 bits per heavy atom. The van der Waals surface area contributed by atoms with Crippen molar-refractivity contribution in [2.45, 2.75) is 0 Å². The molecule has 0 saturated carbocycles. The SMILES string of the molecule is N#Cc1cc(-c2cnc3[nH]cc(-c4ccn[nH]4)c3c2)ccc1O. The summed E-state index contributed by atoms with van der Waals surface area (Å²) in [6.45, 7) is 0. The molecule has 3 N–H and O–H groups in total. The number of nitrogens with zero attached hydrogens (tertiary/aromatic N) is 3. The summed E-state index contributed by atoms with van der Waals surface area (Å²) in [5.74, 6) is -0.0231. The maximum Gasteiger partial charge on any atom is 0.137 e. The quantitative estimate of drug-likeness (QED) is 0.529. The van der Waals surface area contributed by atoms with Crippen molar-refractivity contribution in [3.63, 3.8) is 0 Å². The molecular weight excluding hydrogens is 290 g/mol. The predicted octanol–water partition coefficient (Wildman–Crippen LogP) is 3.20. The molecule has 23 heavy (non-hydrogen) atoms. The second-order valence-electron chi connectivity index (χ2n) is 5.14. The van der Waals surface area contributed by atoms with Crippen molar-refractivity contribution in [3.05, 3.63) is 54.5 Å². The van der Waals surface area contributed by atoms with Crippen LogP contribution < -0.4 is 0 Å². The molecule has 0 fully saturated rings. The minimum absolute atomic E-state index is 0.0231. The van der Waals surface area contributed by atoms with Gasteiger partial charge in [0.15, 0.2) is 0 Å². The van der Waals surface area contributed by atoms with E-state index in [0.717, 1.165) is 33.4 Å². The van der Waals surface area contributed by atoms with Crippen LogP contribution in [-0.2, 0) is 0 Å². The van der Waals surface area contributed by atoms with E-state index in [1.807, 2.05) is 24.4 Å². The van der Waals surface area contributed by atoms with Gasteiger partial charge in [-0.2, -0.15) is 10.4 Å². The molecule has 1 aromatic carbocycles. The molecule has 0 unspecified atom stereocenters. The third-order valence-corrected chi connectivity index (χ3v) is 3.77. The number of rotatable bonds is 2. The van der Waals surface area contributed by atoms with Gasteiger partial charge in [0, 0.05) is 35.1 Å². The zero-order chi connectivity index (χ0) is 15.8. The number of nitriles is 1. The monoisotopic (exact) mass is 301 g/mol. The van der Waals surface area contributed by atoms with E-state index < -0.39 is 0 Å². The number of hydrogen-bond donors (Lipinski definition) is 3. The number of H-pyrrole nitrogens is 2. The van der Waals surface area contributed by atoms with E-state index in [1.54, 1.807) is 24.5 Å². The third kappa shape index (κ3) is 2.12. The summed E-state index contributed by atoms with van der Waals surface area (Å²) in [4.78, 5) is 7.57. The minimum atomic E-state index is -0.0231. The predicted molar refractivity (Wildman–Crippen MR) is 85.5 cm³/mol. The summed E-state index contributed by atoms with van der Waals surface area (Å²) >= 11 is 0. The second-order valence-corrected chi connectivity index (χ2v) is 5.14. The topological polar surface area (TPSA) is 101 Å². The molecule has 0 spiro atoms.